The highest BCUT2D eigenvalue weighted by molar-refractivity contribution is 7.88. The number of alkyl halides is 3. The number of nitrogens with one attached hydrogen (secondary N) is 1. The molecule has 2 aliphatic rings. The lowest BCUT2D eigenvalue weighted by atomic mass is 10.1. The summed E-state index contributed by atoms with van der Waals surface area (Å²) < 4.78 is 67.3. The number of fused-ring (bicyclic) bond motifs is 1. The molecule has 2 aliphatic heterocycles. The maximum atomic E-state index is 13.0. The summed E-state index contributed by atoms with van der Waals surface area (Å²) in [5, 5.41) is 0.533. The minimum atomic E-state index is -4.51. The number of pyridine rings is 1. The molecule has 3 heterocycles. The predicted molar refractivity (Wildman–Crippen MR) is 112 cm³/mol. The molecule has 1 aromatic heterocycles. The number of rotatable bonds is 5. The van der Waals surface area contributed by atoms with Gasteiger partial charge in [-0.25, -0.2) is 18.1 Å². The number of halogens is 4. The Morgan fingerprint density at radius 1 is 1.10 bits per heavy atom. The number of hydrogen-bond acceptors (Lipinski definition) is 5. The minimum absolute atomic E-state index is 0.134. The van der Waals surface area contributed by atoms with Gasteiger partial charge in [0.25, 0.3) is 0 Å². The average Bonchev–Trinajstić information content (AvgIpc) is 3.10. The van der Waals surface area contributed by atoms with E-state index in [4.69, 9.17) is 11.6 Å². The van der Waals surface area contributed by atoms with Crippen LogP contribution in [0.25, 0.3) is 0 Å². The van der Waals surface area contributed by atoms with Gasteiger partial charge < -0.3 is 4.90 Å². The molecule has 1 aromatic carbocycles. The Balaban J connectivity index is 1.45. The molecule has 4 rings (SSSR count). The molecule has 1 N–H and O–H groups in total. The predicted octanol–water partition coefficient (Wildman–Crippen LogP) is 3.14. The van der Waals surface area contributed by atoms with E-state index in [1.807, 2.05) is 0 Å². The van der Waals surface area contributed by atoms with E-state index in [-0.39, 0.29) is 23.7 Å². The molecule has 31 heavy (non-hydrogen) atoms. The Bertz CT molecular complexity index is 1030. The molecule has 0 saturated carbocycles. The van der Waals surface area contributed by atoms with Crippen LogP contribution >= 0.6 is 11.6 Å². The van der Waals surface area contributed by atoms with E-state index in [0.717, 1.165) is 12.6 Å². The summed E-state index contributed by atoms with van der Waals surface area (Å²) in [4.78, 5) is 7.75. The first-order valence-electron chi connectivity index (χ1n) is 9.88. The van der Waals surface area contributed by atoms with Crippen LogP contribution in [0.5, 0.6) is 0 Å². The Kier molecular flexibility index (Phi) is 6.17. The summed E-state index contributed by atoms with van der Waals surface area (Å²) in [5.74, 6) is 0.0934. The van der Waals surface area contributed by atoms with Crippen molar-refractivity contribution < 1.29 is 21.6 Å². The van der Waals surface area contributed by atoms with Gasteiger partial charge in [-0.15, -0.1) is 0 Å². The quantitative estimate of drug-likeness (QED) is 0.721. The van der Waals surface area contributed by atoms with Gasteiger partial charge in [-0.2, -0.15) is 13.2 Å². The summed E-state index contributed by atoms with van der Waals surface area (Å²) in [5.41, 5.74) is -0.302. The molecule has 2 fully saturated rings. The fourth-order valence-electron chi connectivity index (χ4n) is 4.18. The summed E-state index contributed by atoms with van der Waals surface area (Å²) in [6.07, 6.45) is -3.86. The summed E-state index contributed by atoms with van der Waals surface area (Å²) in [6.45, 7) is 2.32. The van der Waals surface area contributed by atoms with Gasteiger partial charge in [0.15, 0.2) is 0 Å². The Morgan fingerprint density at radius 3 is 2.55 bits per heavy atom. The average molecular weight is 475 g/mol. The molecule has 168 valence electrons. The lowest BCUT2D eigenvalue weighted by Gasteiger charge is -2.40. The fraction of sp³-hybridized carbons (Fsp3) is 0.450. The molecular formula is C20H22ClF3N4O2S. The maximum absolute atomic E-state index is 13.0. The number of anilines is 1. The lowest BCUT2D eigenvalue weighted by molar-refractivity contribution is -0.141. The third-order valence-corrected chi connectivity index (χ3v) is 7.30. The van der Waals surface area contributed by atoms with Gasteiger partial charge in [-0.1, -0.05) is 29.8 Å². The van der Waals surface area contributed by atoms with Crippen LogP contribution in [0.1, 0.15) is 17.7 Å². The van der Waals surface area contributed by atoms with Crippen molar-refractivity contribution in [2.45, 2.75) is 30.4 Å². The minimum Gasteiger partial charge on any atom is -0.354 e. The number of piperazine rings is 1. The van der Waals surface area contributed by atoms with Crippen molar-refractivity contribution in [2.75, 3.05) is 31.1 Å². The van der Waals surface area contributed by atoms with E-state index in [0.29, 0.717) is 36.6 Å². The van der Waals surface area contributed by atoms with Crippen LogP contribution in [-0.2, 0) is 22.0 Å². The van der Waals surface area contributed by atoms with E-state index in [1.165, 1.54) is 6.07 Å². The smallest absolute Gasteiger partial charge is 0.354 e. The standard InChI is InChI=1S/C20H22ClF3N4O2S/c21-15-6-4-14(5-7-15)13-31(29,30)26-16-8-9-27-10-11-28(12-17(16)27)19-3-1-2-18(25-19)20(22,23)24/h1-7,16-17,26H,8-13H2/t16-,17+/m1/s1. The topological polar surface area (TPSA) is 65.5 Å². The fourth-order valence-corrected chi connectivity index (χ4v) is 5.76. The van der Waals surface area contributed by atoms with E-state index in [1.54, 1.807) is 35.2 Å². The molecule has 0 unspecified atom stereocenters. The highest BCUT2D eigenvalue weighted by Crippen LogP contribution is 2.30. The zero-order valence-electron chi connectivity index (χ0n) is 16.5. The van der Waals surface area contributed by atoms with Gasteiger partial charge >= 0.3 is 6.18 Å². The number of benzene rings is 1. The van der Waals surface area contributed by atoms with Crippen molar-refractivity contribution in [2.24, 2.45) is 0 Å². The second-order valence-electron chi connectivity index (χ2n) is 7.83. The van der Waals surface area contributed by atoms with Gasteiger partial charge in [0.05, 0.1) is 5.75 Å². The van der Waals surface area contributed by atoms with Crippen molar-refractivity contribution in [1.29, 1.82) is 0 Å². The largest absolute Gasteiger partial charge is 0.433 e. The SMILES string of the molecule is O=S(=O)(Cc1ccc(Cl)cc1)N[C@@H]1CCN2CCN(c3cccc(C(F)(F)F)n3)C[C@@H]12. The van der Waals surface area contributed by atoms with E-state index in [9.17, 15) is 21.6 Å². The van der Waals surface area contributed by atoms with Gasteiger partial charge in [-0.3, -0.25) is 4.90 Å². The number of nitrogens with zero attached hydrogens (tertiary/aromatic N) is 3. The molecule has 2 saturated heterocycles. The zero-order chi connectivity index (χ0) is 22.2. The first-order chi connectivity index (χ1) is 14.6. The monoisotopic (exact) mass is 474 g/mol. The normalized spacial score (nSPS) is 22.5. The van der Waals surface area contributed by atoms with Crippen molar-refractivity contribution in [1.82, 2.24) is 14.6 Å². The molecule has 0 spiro atoms. The van der Waals surface area contributed by atoms with Gasteiger partial charge in [0, 0.05) is 43.3 Å². The molecule has 2 aromatic rings. The maximum Gasteiger partial charge on any atom is 0.433 e. The van der Waals surface area contributed by atoms with Crippen molar-refractivity contribution in [3.8, 4) is 0 Å². The molecule has 2 atom stereocenters. The van der Waals surface area contributed by atoms with Gasteiger partial charge in [-0.05, 0) is 36.2 Å². The highest BCUT2D eigenvalue weighted by atomic mass is 35.5. The zero-order valence-corrected chi connectivity index (χ0v) is 18.1. The molecule has 0 amide bonds. The Labute approximate surface area is 184 Å². The number of aromatic nitrogens is 1. The number of hydrogen-bond donors (Lipinski definition) is 1. The third kappa shape index (κ3) is 5.31. The van der Waals surface area contributed by atoms with Gasteiger partial charge in [0.2, 0.25) is 10.0 Å². The van der Waals surface area contributed by atoms with E-state index < -0.39 is 21.9 Å². The van der Waals surface area contributed by atoms with Gasteiger partial charge in [0.1, 0.15) is 11.5 Å². The van der Waals surface area contributed by atoms with Crippen LogP contribution in [0.3, 0.4) is 0 Å². The third-order valence-electron chi connectivity index (χ3n) is 5.68. The van der Waals surface area contributed by atoms with E-state index in [2.05, 4.69) is 14.6 Å². The molecule has 6 nitrogen and oxygen atoms in total. The van der Waals surface area contributed by atoms with Crippen molar-refractivity contribution >= 4 is 27.4 Å². The van der Waals surface area contributed by atoms with Crippen LogP contribution in [0, 0.1) is 0 Å². The van der Waals surface area contributed by atoms with Crippen LogP contribution in [0.2, 0.25) is 5.02 Å². The first-order valence-corrected chi connectivity index (χ1v) is 11.9. The molecule has 0 radical (unpaired) electrons. The summed E-state index contributed by atoms with van der Waals surface area (Å²) in [6, 6.07) is 10.0. The summed E-state index contributed by atoms with van der Waals surface area (Å²) in [7, 11) is -3.59. The molecular weight excluding hydrogens is 453 g/mol. The first kappa shape index (κ1) is 22.3. The molecule has 0 aliphatic carbocycles. The second kappa shape index (κ2) is 8.57. The Hall–Kier alpha value is -1.88. The second-order valence-corrected chi connectivity index (χ2v) is 10.0. The number of sulfonamides is 1. The van der Waals surface area contributed by atoms with E-state index >= 15 is 0 Å². The lowest BCUT2D eigenvalue weighted by Crippen LogP contribution is -2.56. The van der Waals surface area contributed by atoms with Crippen molar-refractivity contribution in [3.05, 3.63) is 58.7 Å². The van der Waals surface area contributed by atoms with Crippen LogP contribution in [0.4, 0.5) is 19.0 Å². The highest BCUT2D eigenvalue weighted by Gasteiger charge is 2.40. The van der Waals surface area contributed by atoms with Crippen LogP contribution < -0.4 is 9.62 Å². The molecule has 0 bridgehead atoms. The Morgan fingerprint density at radius 2 is 1.84 bits per heavy atom. The van der Waals surface area contributed by atoms with Crippen LogP contribution in [0.15, 0.2) is 42.5 Å². The van der Waals surface area contributed by atoms with Crippen molar-refractivity contribution in [3.63, 3.8) is 0 Å². The summed E-state index contributed by atoms with van der Waals surface area (Å²) >= 11 is 5.85. The van der Waals surface area contributed by atoms with Crippen LogP contribution in [-0.4, -0.2) is 56.6 Å². The molecule has 11 heteroatoms.